The van der Waals surface area contributed by atoms with Crippen molar-refractivity contribution in [2.75, 3.05) is 23.6 Å². The van der Waals surface area contributed by atoms with E-state index in [0.717, 1.165) is 25.0 Å². The number of nitrogens with zero attached hydrogens (tertiary/aromatic N) is 3. The van der Waals surface area contributed by atoms with Crippen molar-refractivity contribution in [1.82, 2.24) is 25.1 Å². The predicted octanol–water partition coefficient (Wildman–Crippen LogP) is 7.88. The molecule has 3 aromatic rings. The predicted molar refractivity (Wildman–Crippen MR) is 192 cm³/mol. The molecule has 0 aliphatic rings. The number of halogens is 1. The summed E-state index contributed by atoms with van der Waals surface area (Å²) in [5.41, 5.74) is 1.39. The molecule has 268 valence electrons. The molecule has 2 heterocycles. The molecular formula is C35H55ClN6O5S. The van der Waals surface area contributed by atoms with Crippen LogP contribution in [0.3, 0.4) is 0 Å². The summed E-state index contributed by atoms with van der Waals surface area (Å²) in [4.78, 5) is 25.0. The standard InChI is InChI=1S/C35H55ClN6O5S/c1-5-6-7-8-9-10-11-12-13-14-15-16-17-18-25-48(45,46)41-29-21-19-28(20-22-29)33(44)37-24-23-30(43)47-26-35(3,4)34-39-38-32-31(36)27(2)40-42(32)34/h19-22,40-41H,5-18,23-26H2,1-4H3,(H,37,44). The number of aromatic amines is 1. The van der Waals surface area contributed by atoms with Crippen molar-refractivity contribution in [3.8, 4) is 0 Å². The zero-order chi connectivity index (χ0) is 35.0. The lowest BCUT2D eigenvalue weighted by Crippen LogP contribution is -2.31. The first-order chi connectivity index (χ1) is 22.9. The Morgan fingerprint density at radius 2 is 1.46 bits per heavy atom. The fraction of sp³-hybridized carbons (Fsp3) is 0.657. The van der Waals surface area contributed by atoms with Crippen LogP contribution in [0.4, 0.5) is 5.69 Å². The van der Waals surface area contributed by atoms with Crippen LogP contribution in [-0.4, -0.2) is 59.0 Å². The zero-order valence-electron chi connectivity index (χ0n) is 29.2. The largest absolute Gasteiger partial charge is 0.465 e. The monoisotopic (exact) mass is 706 g/mol. The minimum atomic E-state index is -3.47. The van der Waals surface area contributed by atoms with Gasteiger partial charge in [-0.15, -0.1) is 10.2 Å². The van der Waals surface area contributed by atoms with Gasteiger partial charge in [0.05, 0.1) is 23.3 Å². The van der Waals surface area contributed by atoms with Crippen LogP contribution in [0.15, 0.2) is 24.3 Å². The molecule has 0 spiro atoms. The number of hydrogen-bond donors (Lipinski definition) is 3. The van der Waals surface area contributed by atoms with Gasteiger partial charge in [-0.2, -0.15) is 0 Å². The Labute approximate surface area is 291 Å². The summed E-state index contributed by atoms with van der Waals surface area (Å²) in [6.07, 6.45) is 17.0. The molecule has 3 rings (SSSR count). The van der Waals surface area contributed by atoms with E-state index < -0.39 is 21.4 Å². The van der Waals surface area contributed by atoms with E-state index in [2.05, 4.69) is 32.3 Å². The molecule has 48 heavy (non-hydrogen) atoms. The average Bonchev–Trinajstić information content (AvgIpc) is 3.59. The number of unbranched alkanes of at least 4 members (excludes halogenated alkanes) is 13. The number of nitrogens with one attached hydrogen (secondary N) is 3. The first-order valence-corrected chi connectivity index (χ1v) is 19.6. The lowest BCUT2D eigenvalue weighted by atomic mass is 9.94. The van der Waals surface area contributed by atoms with Gasteiger partial charge < -0.3 is 10.1 Å². The molecule has 3 N–H and O–H groups in total. The summed E-state index contributed by atoms with van der Waals surface area (Å²) >= 11 is 6.25. The fourth-order valence-electron chi connectivity index (χ4n) is 5.54. The number of aromatic nitrogens is 4. The van der Waals surface area contributed by atoms with Crippen LogP contribution in [0.5, 0.6) is 0 Å². The van der Waals surface area contributed by atoms with Gasteiger partial charge in [-0.1, -0.05) is 102 Å². The van der Waals surface area contributed by atoms with Crippen LogP contribution in [-0.2, 0) is 25.0 Å². The SMILES string of the molecule is CCCCCCCCCCCCCCCCS(=O)(=O)Nc1ccc(C(=O)NCCC(=O)OCC(C)(C)c2nnc3c(Cl)c(C)[nH]n23)cc1. The van der Waals surface area contributed by atoms with E-state index in [0.29, 0.717) is 34.2 Å². The van der Waals surface area contributed by atoms with Crippen molar-refractivity contribution >= 4 is 44.8 Å². The Morgan fingerprint density at radius 3 is 2.04 bits per heavy atom. The number of ether oxygens (including phenoxy) is 1. The maximum absolute atomic E-state index is 12.6. The van der Waals surface area contributed by atoms with Crippen LogP contribution >= 0.6 is 11.6 Å². The van der Waals surface area contributed by atoms with Gasteiger partial charge in [0.25, 0.3) is 5.91 Å². The minimum Gasteiger partial charge on any atom is -0.465 e. The number of carbonyl (C=O) groups is 2. The number of anilines is 1. The number of H-pyrrole nitrogens is 1. The van der Waals surface area contributed by atoms with E-state index in [1.54, 1.807) is 28.8 Å². The van der Waals surface area contributed by atoms with E-state index in [1.807, 2.05) is 20.8 Å². The van der Waals surface area contributed by atoms with Crippen molar-refractivity contribution in [3.05, 3.63) is 46.4 Å². The molecule has 1 aromatic carbocycles. The van der Waals surface area contributed by atoms with Crippen molar-refractivity contribution in [3.63, 3.8) is 0 Å². The van der Waals surface area contributed by atoms with Gasteiger partial charge in [0.15, 0.2) is 11.5 Å². The molecular weight excluding hydrogens is 652 g/mol. The van der Waals surface area contributed by atoms with Gasteiger partial charge in [0.2, 0.25) is 10.0 Å². The maximum Gasteiger partial charge on any atom is 0.307 e. The number of amides is 1. The van der Waals surface area contributed by atoms with E-state index >= 15 is 0 Å². The third-order valence-electron chi connectivity index (χ3n) is 8.47. The second kappa shape index (κ2) is 19.8. The Kier molecular flexibility index (Phi) is 16.2. The molecule has 11 nitrogen and oxygen atoms in total. The molecule has 0 unspecified atom stereocenters. The van der Waals surface area contributed by atoms with Crippen LogP contribution in [0.1, 0.15) is 139 Å². The number of rotatable bonds is 24. The molecule has 0 saturated carbocycles. The summed E-state index contributed by atoms with van der Waals surface area (Å²) in [6.45, 7) is 8.00. The molecule has 0 fully saturated rings. The molecule has 2 aromatic heterocycles. The summed E-state index contributed by atoms with van der Waals surface area (Å²) in [5, 5.41) is 14.6. The van der Waals surface area contributed by atoms with E-state index in [9.17, 15) is 18.0 Å². The molecule has 0 aliphatic heterocycles. The highest BCUT2D eigenvalue weighted by molar-refractivity contribution is 7.92. The first kappa shape index (κ1) is 39.3. The number of sulfonamides is 1. The van der Waals surface area contributed by atoms with Gasteiger partial charge in [-0.25, -0.2) is 12.9 Å². The summed E-state index contributed by atoms with van der Waals surface area (Å²) < 4.78 is 34.8. The smallest absolute Gasteiger partial charge is 0.307 e. The van der Waals surface area contributed by atoms with Crippen LogP contribution in [0.2, 0.25) is 5.02 Å². The van der Waals surface area contributed by atoms with E-state index in [4.69, 9.17) is 16.3 Å². The maximum atomic E-state index is 12.6. The number of benzene rings is 1. The molecule has 0 saturated heterocycles. The Morgan fingerprint density at radius 1 is 0.896 bits per heavy atom. The van der Waals surface area contributed by atoms with Gasteiger partial charge in [-0.3, -0.25) is 19.4 Å². The summed E-state index contributed by atoms with van der Waals surface area (Å²) in [6, 6.07) is 6.23. The molecule has 1 amide bonds. The highest BCUT2D eigenvalue weighted by atomic mass is 35.5. The third-order valence-corrected chi connectivity index (χ3v) is 10.3. The average molecular weight is 707 g/mol. The van der Waals surface area contributed by atoms with E-state index in [1.165, 1.54) is 64.2 Å². The number of fused-ring (bicyclic) bond motifs is 1. The number of aryl methyl sites for hydroxylation is 1. The third kappa shape index (κ3) is 13.1. The molecule has 0 bridgehead atoms. The second-order valence-electron chi connectivity index (χ2n) is 13.4. The van der Waals surface area contributed by atoms with Crippen molar-refractivity contribution in [2.45, 2.75) is 129 Å². The van der Waals surface area contributed by atoms with Crippen LogP contribution < -0.4 is 10.0 Å². The topological polar surface area (TPSA) is 148 Å². The van der Waals surface area contributed by atoms with Crippen molar-refractivity contribution in [1.29, 1.82) is 0 Å². The lowest BCUT2D eigenvalue weighted by Gasteiger charge is -2.21. The van der Waals surface area contributed by atoms with Gasteiger partial charge in [0, 0.05) is 17.8 Å². The summed E-state index contributed by atoms with van der Waals surface area (Å²) in [7, 11) is -3.47. The molecule has 0 aliphatic carbocycles. The fourth-order valence-corrected chi connectivity index (χ4v) is 6.89. The normalized spacial score (nSPS) is 12.0. The molecule has 0 radical (unpaired) electrons. The lowest BCUT2D eigenvalue weighted by molar-refractivity contribution is -0.145. The number of carbonyl (C=O) groups excluding carboxylic acids is 2. The van der Waals surface area contributed by atoms with Crippen molar-refractivity contribution < 1.29 is 22.7 Å². The van der Waals surface area contributed by atoms with Gasteiger partial charge in [0.1, 0.15) is 11.6 Å². The quantitative estimate of drug-likeness (QED) is 0.0634. The number of esters is 1. The van der Waals surface area contributed by atoms with Crippen molar-refractivity contribution in [2.24, 2.45) is 0 Å². The van der Waals surface area contributed by atoms with Gasteiger partial charge >= 0.3 is 5.97 Å². The number of hydrogen-bond acceptors (Lipinski definition) is 7. The highest BCUT2D eigenvalue weighted by Crippen LogP contribution is 2.27. The summed E-state index contributed by atoms with van der Waals surface area (Å²) in [5.74, 6) is -0.184. The first-order valence-electron chi connectivity index (χ1n) is 17.6. The highest BCUT2D eigenvalue weighted by Gasteiger charge is 2.30. The molecule has 13 heteroatoms. The Balaban J connectivity index is 1.26. The Bertz CT molecular complexity index is 1530. The Hall–Kier alpha value is -3.12. The second-order valence-corrected chi connectivity index (χ2v) is 15.6. The van der Waals surface area contributed by atoms with Crippen LogP contribution in [0, 0.1) is 6.92 Å². The van der Waals surface area contributed by atoms with Crippen LogP contribution in [0.25, 0.3) is 5.65 Å². The molecule has 0 atom stereocenters. The van der Waals surface area contributed by atoms with E-state index in [-0.39, 0.29) is 31.2 Å². The van der Waals surface area contributed by atoms with Gasteiger partial charge in [-0.05, 0) is 51.5 Å². The minimum absolute atomic E-state index is 0.0123. The zero-order valence-corrected chi connectivity index (χ0v) is 30.8.